The van der Waals surface area contributed by atoms with Crippen LogP contribution in [0, 0.1) is 25.2 Å². The molecule has 0 aliphatic heterocycles. The SMILES string of the molecule is COc1c(C)cnc(CNc2cc(Br)ccc2C#N)c1C. The van der Waals surface area contributed by atoms with Crippen LogP contribution in [0.1, 0.15) is 22.4 Å². The number of benzene rings is 1. The zero-order chi connectivity index (χ0) is 15.4. The van der Waals surface area contributed by atoms with Gasteiger partial charge in [0.2, 0.25) is 0 Å². The van der Waals surface area contributed by atoms with Gasteiger partial charge >= 0.3 is 0 Å². The fourth-order valence-electron chi connectivity index (χ4n) is 2.19. The molecule has 0 fully saturated rings. The number of rotatable bonds is 4. The molecule has 5 heteroatoms. The highest BCUT2D eigenvalue weighted by Gasteiger charge is 2.10. The number of aromatic nitrogens is 1. The summed E-state index contributed by atoms with van der Waals surface area (Å²) in [5.74, 6) is 0.858. The van der Waals surface area contributed by atoms with Crippen LogP contribution in [0.4, 0.5) is 5.69 Å². The molecule has 0 radical (unpaired) electrons. The molecule has 0 atom stereocenters. The van der Waals surface area contributed by atoms with Crippen molar-refractivity contribution in [3.8, 4) is 11.8 Å². The maximum atomic E-state index is 9.14. The topological polar surface area (TPSA) is 57.9 Å². The molecule has 0 aliphatic carbocycles. The van der Waals surface area contributed by atoms with Crippen LogP contribution < -0.4 is 10.1 Å². The van der Waals surface area contributed by atoms with Crippen molar-refractivity contribution in [3.63, 3.8) is 0 Å². The quantitative estimate of drug-likeness (QED) is 0.911. The van der Waals surface area contributed by atoms with Gasteiger partial charge in [-0.05, 0) is 32.0 Å². The van der Waals surface area contributed by atoms with E-state index < -0.39 is 0 Å². The number of nitrogens with zero attached hydrogens (tertiary/aromatic N) is 2. The number of anilines is 1. The van der Waals surface area contributed by atoms with E-state index in [1.54, 1.807) is 19.4 Å². The zero-order valence-corrected chi connectivity index (χ0v) is 13.8. The van der Waals surface area contributed by atoms with E-state index in [1.165, 1.54) is 0 Å². The standard InChI is InChI=1S/C16H16BrN3O/c1-10-8-19-15(11(2)16(10)21-3)9-20-14-6-13(17)5-4-12(14)7-18/h4-6,8,20H,9H2,1-3H3. The van der Waals surface area contributed by atoms with E-state index in [9.17, 15) is 0 Å². The Bertz CT molecular complexity index is 707. The molecule has 0 spiro atoms. The normalized spacial score (nSPS) is 10.0. The van der Waals surface area contributed by atoms with Crippen molar-refractivity contribution < 1.29 is 4.74 Å². The number of nitriles is 1. The minimum Gasteiger partial charge on any atom is -0.496 e. The maximum Gasteiger partial charge on any atom is 0.128 e. The first-order valence-electron chi connectivity index (χ1n) is 6.49. The van der Waals surface area contributed by atoms with Gasteiger partial charge in [0, 0.05) is 21.8 Å². The lowest BCUT2D eigenvalue weighted by Gasteiger charge is -2.14. The molecule has 1 aromatic heterocycles. The van der Waals surface area contributed by atoms with Crippen LogP contribution in [0.15, 0.2) is 28.9 Å². The summed E-state index contributed by atoms with van der Waals surface area (Å²) in [5.41, 5.74) is 4.32. The lowest BCUT2D eigenvalue weighted by molar-refractivity contribution is 0.407. The number of pyridine rings is 1. The number of methoxy groups -OCH3 is 1. The van der Waals surface area contributed by atoms with Crippen molar-refractivity contribution in [1.82, 2.24) is 4.98 Å². The molecular formula is C16H16BrN3O. The number of ether oxygens (including phenoxy) is 1. The second kappa shape index (κ2) is 6.59. The van der Waals surface area contributed by atoms with E-state index in [0.717, 1.165) is 32.7 Å². The molecule has 0 unspecified atom stereocenters. The van der Waals surface area contributed by atoms with Gasteiger partial charge in [-0.1, -0.05) is 15.9 Å². The minimum atomic E-state index is 0.535. The molecule has 0 bridgehead atoms. The molecule has 21 heavy (non-hydrogen) atoms. The van der Waals surface area contributed by atoms with Crippen LogP contribution >= 0.6 is 15.9 Å². The van der Waals surface area contributed by atoms with Crippen molar-refractivity contribution in [3.05, 3.63) is 51.3 Å². The number of nitrogens with one attached hydrogen (secondary N) is 1. The van der Waals surface area contributed by atoms with Gasteiger partial charge in [0.1, 0.15) is 11.8 Å². The molecule has 108 valence electrons. The van der Waals surface area contributed by atoms with Gasteiger partial charge in [-0.25, -0.2) is 0 Å². The van der Waals surface area contributed by atoms with E-state index in [1.807, 2.05) is 26.0 Å². The Morgan fingerprint density at radius 3 is 2.81 bits per heavy atom. The monoisotopic (exact) mass is 345 g/mol. The molecule has 4 nitrogen and oxygen atoms in total. The predicted octanol–water partition coefficient (Wildman–Crippen LogP) is 3.95. The molecule has 1 N–H and O–H groups in total. The molecule has 2 rings (SSSR count). The molecule has 2 aromatic rings. The maximum absolute atomic E-state index is 9.14. The van der Waals surface area contributed by atoms with Crippen LogP contribution in [0.2, 0.25) is 0 Å². The Morgan fingerprint density at radius 1 is 1.38 bits per heavy atom. The molecule has 0 aliphatic rings. The predicted molar refractivity (Wildman–Crippen MR) is 86.4 cm³/mol. The molecule has 0 amide bonds. The zero-order valence-electron chi connectivity index (χ0n) is 12.2. The lowest BCUT2D eigenvalue weighted by atomic mass is 10.1. The first kappa shape index (κ1) is 15.3. The van der Waals surface area contributed by atoms with E-state index in [4.69, 9.17) is 10.00 Å². The summed E-state index contributed by atoms with van der Waals surface area (Å²) < 4.78 is 6.33. The highest BCUT2D eigenvalue weighted by Crippen LogP contribution is 2.26. The highest BCUT2D eigenvalue weighted by atomic mass is 79.9. The van der Waals surface area contributed by atoms with Gasteiger partial charge in [-0.15, -0.1) is 0 Å². The molecule has 1 aromatic carbocycles. The fourth-order valence-corrected chi connectivity index (χ4v) is 2.55. The third kappa shape index (κ3) is 3.34. The average molecular weight is 346 g/mol. The summed E-state index contributed by atoms with van der Waals surface area (Å²) >= 11 is 3.41. The third-order valence-corrected chi connectivity index (χ3v) is 3.79. The lowest BCUT2D eigenvalue weighted by Crippen LogP contribution is -2.07. The molecule has 1 heterocycles. The molecular weight excluding hydrogens is 330 g/mol. The summed E-state index contributed by atoms with van der Waals surface area (Å²) in [4.78, 5) is 4.44. The Kier molecular flexibility index (Phi) is 4.81. The third-order valence-electron chi connectivity index (χ3n) is 3.30. The van der Waals surface area contributed by atoms with Crippen LogP contribution in [-0.4, -0.2) is 12.1 Å². The second-order valence-corrected chi connectivity index (χ2v) is 5.62. The molecule has 0 saturated heterocycles. The van der Waals surface area contributed by atoms with Gasteiger partial charge in [0.15, 0.2) is 0 Å². The van der Waals surface area contributed by atoms with Crippen molar-refractivity contribution in [1.29, 1.82) is 5.26 Å². The highest BCUT2D eigenvalue weighted by molar-refractivity contribution is 9.10. The van der Waals surface area contributed by atoms with Crippen molar-refractivity contribution in [2.75, 3.05) is 12.4 Å². The van der Waals surface area contributed by atoms with Gasteiger partial charge in [-0.3, -0.25) is 4.98 Å². The van der Waals surface area contributed by atoms with Crippen LogP contribution in [0.25, 0.3) is 0 Å². The number of halogens is 1. The number of hydrogen-bond acceptors (Lipinski definition) is 4. The van der Waals surface area contributed by atoms with E-state index in [0.29, 0.717) is 12.1 Å². The fraction of sp³-hybridized carbons (Fsp3) is 0.250. The molecule has 0 saturated carbocycles. The Hall–Kier alpha value is -2.06. The van der Waals surface area contributed by atoms with E-state index in [-0.39, 0.29) is 0 Å². The van der Waals surface area contributed by atoms with E-state index >= 15 is 0 Å². The van der Waals surface area contributed by atoms with E-state index in [2.05, 4.69) is 32.3 Å². The van der Waals surface area contributed by atoms with Gasteiger partial charge in [0.25, 0.3) is 0 Å². The second-order valence-electron chi connectivity index (χ2n) is 4.70. The average Bonchev–Trinajstić information content (AvgIpc) is 2.47. The van der Waals surface area contributed by atoms with Gasteiger partial charge in [0.05, 0.1) is 30.6 Å². The van der Waals surface area contributed by atoms with Crippen molar-refractivity contribution >= 4 is 21.6 Å². The largest absolute Gasteiger partial charge is 0.496 e. The summed E-state index contributed by atoms with van der Waals surface area (Å²) in [6.07, 6.45) is 1.80. The smallest absolute Gasteiger partial charge is 0.128 e. The van der Waals surface area contributed by atoms with Crippen molar-refractivity contribution in [2.24, 2.45) is 0 Å². The summed E-state index contributed by atoms with van der Waals surface area (Å²) in [6.45, 7) is 4.49. The number of aryl methyl sites for hydroxylation is 1. The summed E-state index contributed by atoms with van der Waals surface area (Å²) in [5, 5.41) is 12.4. The Morgan fingerprint density at radius 2 is 2.14 bits per heavy atom. The van der Waals surface area contributed by atoms with Crippen molar-refractivity contribution in [2.45, 2.75) is 20.4 Å². The Labute approximate surface area is 132 Å². The van der Waals surface area contributed by atoms with Crippen LogP contribution in [0.3, 0.4) is 0 Å². The summed E-state index contributed by atoms with van der Waals surface area (Å²) in [7, 11) is 1.66. The first-order chi connectivity index (χ1) is 10.1. The number of hydrogen-bond donors (Lipinski definition) is 1. The van der Waals surface area contributed by atoms with Crippen LogP contribution in [-0.2, 0) is 6.54 Å². The van der Waals surface area contributed by atoms with Crippen LogP contribution in [0.5, 0.6) is 5.75 Å². The van der Waals surface area contributed by atoms with Gasteiger partial charge < -0.3 is 10.1 Å². The van der Waals surface area contributed by atoms with Gasteiger partial charge in [-0.2, -0.15) is 5.26 Å². The summed E-state index contributed by atoms with van der Waals surface area (Å²) in [6, 6.07) is 7.69. The minimum absolute atomic E-state index is 0.535. The Balaban J connectivity index is 2.25. The first-order valence-corrected chi connectivity index (χ1v) is 7.28.